The average molecular weight is 660 g/mol. The van der Waals surface area contributed by atoms with E-state index in [1.54, 1.807) is 18.5 Å². The van der Waals surface area contributed by atoms with E-state index in [0.29, 0.717) is 9.52 Å². The van der Waals surface area contributed by atoms with Gasteiger partial charge in [0.15, 0.2) is 0 Å². The number of hydrogen-bond acceptors (Lipinski definition) is 0. The molecule has 2 aliphatic carbocycles. The van der Waals surface area contributed by atoms with Gasteiger partial charge < -0.3 is 24.8 Å². The molecule has 0 N–H and O–H groups in total. The van der Waals surface area contributed by atoms with Gasteiger partial charge in [0.1, 0.15) is 0 Å². The largest absolute Gasteiger partial charge is 4.00 e. The number of benzene rings is 2. The number of halogens is 2. The molecule has 4 heteroatoms. The van der Waals surface area contributed by atoms with Gasteiger partial charge in [-0.1, -0.05) is 92.0 Å². The summed E-state index contributed by atoms with van der Waals surface area (Å²) in [5, 5.41) is 0. The maximum atomic E-state index is 3.31. The van der Waals surface area contributed by atoms with Crippen LogP contribution >= 0.6 is 0 Å². The zero-order chi connectivity index (χ0) is 21.3. The molecule has 0 amide bonds. The van der Waals surface area contributed by atoms with Crippen LogP contribution in [0.25, 0.3) is 11.1 Å². The van der Waals surface area contributed by atoms with Crippen LogP contribution in [0.5, 0.6) is 0 Å². The van der Waals surface area contributed by atoms with Gasteiger partial charge in [0.25, 0.3) is 0 Å². The van der Waals surface area contributed by atoms with Crippen molar-refractivity contribution in [3.8, 4) is 0 Å². The molecule has 5 rings (SSSR count). The maximum absolute atomic E-state index is 3.31. The van der Waals surface area contributed by atoms with Crippen molar-refractivity contribution in [2.45, 2.75) is 59.0 Å². The number of allylic oxidation sites excluding steroid dienone is 8. The van der Waals surface area contributed by atoms with Crippen molar-refractivity contribution in [3.05, 3.63) is 106 Å². The Morgan fingerprint density at radius 3 is 1.12 bits per heavy atom. The fraction of sp³-hybridized carbons (Fsp3) is 0.310. The Kier molecular flexibility index (Phi) is 16.2. The molecule has 1 heterocycles. The quantitative estimate of drug-likeness (QED) is 0.339. The second-order valence-electron chi connectivity index (χ2n) is 8.39. The van der Waals surface area contributed by atoms with E-state index in [-0.39, 0.29) is 50.7 Å². The van der Waals surface area contributed by atoms with Gasteiger partial charge >= 0.3 is 25.8 Å². The molecule has 2 aromatic carbocycles. The number of aryl methyl sites for hydroxylation is 2. The van der Waals surface area contributed by atoms with Crippen molar-refractivity contribution < 1.29 is 50.7 Å². The van der Waals surface area contributed by atoms with Crippen LogP contribution in [0.15, 0.2) is 71.8 Å². The summed E-state index contributed by atoms with van der Waals surface area (Å²) in [6.45, 7) is 8.47. The summed E-state index contributed by atoms with van der Waals surface area (Å²) in [5.41, 5.74) is 10.5. The second-order valence-corrected chi connectivity index (χ2v) is 10.5. The third-order valence-corrected chi connectivity index (χ3v) is 7.88. The molecule has 0 atom stereocenters. The zero-order valence-corrected chi connectivity index (χ0v) is 26.8. The second kappa shape index (κ2) is 16.7. The minimum atomic E-state index is 0. The maximum Gasteiger partial charge on any atom is 4.00 e. The summed E-state index contributed by atoms with van der Waals surface area (Å²) >= 11 is 0. The van der Waals surface area contributed by atoms with Crippen molar-refractivity contribution in [1.29, 1.82) is 0 Å². The Bertz CT molecular complexity index is 882. The molecular weight excluding hydrogens is 626 g/mol. The molecule has 0 spiro atoms. The summed E-state index contributed by atoms with van der Waals surface area (Å²) in [4.78, 5) is 0. The Morgan fingerprint density at radius 2 is 0.909 bits per heavy atom. The first kappa shape index (κ1) is 32.1. The van der Waals surface area contributed by atoms with Gasteiger partial charge in [-0.2, -0.15) is 23.3 Å². The predicted octanol–water partition coefficient (Wildman–Crippen LogP) is 1.46. The van der Waals surface area contributed by atoms with E-state index in [0.717, 1.165) is 12.8 Å². The third-order valence-electron chi connectivity index (χ3n) is 5.88. The van der Waals surface area contributed by atoms with Gasteiger partial charge in [-0.3, -0.25) is 12.2 Å². The Balaban J connectivity index is 0.000000492. The topological polar surface area (TPSA) is 0 Å². The summed E-state index contributed by atoms with van der Waals surface area (Å²) in [7, 11) is 0.605. The first-order valence-corrected chi connectivity index (χ1v) is 13.2. The predicted molar refractivity (Wildman–Crippen MR) is 135 cm³/mol. The van der Waals surface area contributed by atoms with Crippen LogP contribution in [0.1, 0.15) is 55.4 Å². The molecule has 2 aromatic rings. The van der Waals surface area contributed by atoms with Crippen molar-refractivity contribution in [3.63, 3.8) is 0 Å². The van der Waals surface area contributed by atoms with Gasteiger partial charge in [-0.15, -0.1) is 24.0 Å². The van der Waals surface area contributed by atoms with Gasteiger partial charge in [0.05, 0.1) is 0 Å². The molecule has 33 heavy (non-hydrogen) atoms. The van der Waals surface area contributed by atoms with Crippen LogP contribution < -0.4 is 24.8 Å². The molecule has 3 aliphatic rings. The first-order valence-electron chi connectivity index (χ1n) is 11.2. The summed E-state index contributed by atoms with van der Waals surface area (Å²) in [5.74, 6) is 0. The fourth-order valence-electron chi connectivity index (χ4n) is 3.49. The van der Waals surface area contributed by atoms with E-state index in [1.807, 2.05) is 0 Å². The Hall–Kier alpha value is -0.933. The van der Waals surface area contributed by atoms with Crippen molar-refractivity contribution in [2.75, 3.05) is 0 Å². The van der Waals surface area contributed by atoms with Gasteiger partial charge in [-0.25, -0.2) is 11.1 Å². The van der Waals surface area contributed by atoms with E-state index in [1.165, 1.54) is 44.5 Å². The van der Waals surface area contributed by atoms with E-state index in [9.17, 15) is 0 Å². The molecule has 0 aromatic heterocycles. The zero-order valence-electron chi connectivity index (χ0n) is 20.3. The summed E-state index contributed by atoms with van der Waals surface area (Å²) < 4.78 is 0. The molecule has 0 bridgehead atoms. The monoisotopic (exact) mass is 660 g/mol. The minimum Gasteiger partial charge on any atom is -1.00 e. The molecule has 1 aliphatic heterocycles. The van der Waals surface area contributed by atoms with Gasteiger partial charge in [0, 0.05) is 9.52 Å². The van der Waals surface area contributed by atoms with Crippen LogP contribution in [0.2, 0.25) is 12.1 Å². The molecule has 0 radical (unpaired) electrons. The molecule has 1 saturated heterocycles. The van der Waals surface area contributed by atoms with Crippen LogP contribution in [0.3, 0.4) is 0 Å². The number of hydrogen-bond donors (Lipinski definition) is 0. The van der Waals surface area contributed by atoms with Crippen molar-refractivity contribution >= 4 is 20.7 Å². The first-order chi connectivity index (χ1) is 14.5. The smallest absolute Gasteiger partial charge is 1.00 e. The van der Waals surface area contributed by atoms with E-state index >= 15 is 0 Å². The molecule has 0 saturated carbocycles. The summed E-state index contributed by atoms with van der Waals surface area (Å²) in [6, 6.07) is 20.6. The van der Waals surface area contributed by atoms with E-state index in [4.69, 9.17) is 0 Å². The Labute approximate surface area is 235 Å². The van der Waals surface area contributed by atoms with Crippen LogP contribution in [0.4, 0.5) is 0 Å². The molecule has 172 valence electrons. The van der Waals surface area contributed by atoms with Crippen LogP contribution in [-0.4, -0.2) is 9.52 Å². The van der Waals surface area contributed by atoms with Gasteiger partial charge in [-0.05, 0) is 13.8 Å². The molecule has 1 fully saturated rings. The van der Waals surface area contributed by atoms with Gasteiger partial charge in [0.2, 0.25) is 0 Å². The Morgan fingerprint density at radius 1 is 0.606 bits per heavy atom. The van der Waals surface area contributed by atoms with E-state index < -0.39 is 0 Å². The molecular formula is C29H34Cl2HfSi. The number of rotatable bonds is 2. The van der Waals surface area contributed by atoms with Crippen LogP contribution in [-0.2, 0) is 25.8 Å². The SMILES string of the molecule is C1C[SiH2]C1.CC1=[C-]CC=C1c1ccc(C)cc1.CC1=[C-]CC=C1c1ccc(C)cc1.[Cl-].[Cl-].[Hf+4]. The standard InChI is InChI=1S/2C13H13.C3H8Si.2ClH.Hf/c2*1-10-6-8-12(9-7-10)13-5-3-4-11(13)2;1-2-4-3-1;;;/h2*5-9H,3H2,1-2H3;1-4H2;2*1H;/q2*-1;;;;+4/p-2. The van der Waals surface area contributed by atoms with E-state index in [2.05, 4.69) is 101 Å². The van der Waals surface area contributed by atoms with Crippen LogP contribution in [0, 0.1) is 26.0 Å². The minimum absolute atomic E-state index is 0. The fourth-order valence-corrected chi connectivity index (χ4v) is 3.99. The summed E-state index contributed by atoms with van der Waals surface area (Å²) in [6.07, 6.45) is 14.6. The normalized spacial score (nSPS) is 15.2. The third kappa shape index (κ3) is 10.1. The molecule has 0 unspecified atom stereocenters. The van der Waals surface area contributed by atoms with Crippen molar-refractivity contribution in [1.82, 2.24) is 0 Å². The van der Waals surface area contributed by atoms with Crippen molar-refractivity contribution in [2.24, 2.45) is 0 Å². The average Bonchev–Trinajstić information content (AvgIpc) is 3.31. The molecule has 0 nitrogen and oxygen atoms in total.